The number of rotatable bonds is 3. The van der Waals surface area contributed by atoms with E-state index >= 15 is 0 Å². The topological polar surface area (TPSA) is 46.5 Å². The van der Waals surface area contributed by atoms with E-state index in [2.05, 4.69) is 0 Å². The average molecular weight is 266 g/mol. The second-order valence-corrected chi connectivity index (χ2v) is 7.74. The van der Waals surface area contributed by atoms with Gasteiger partial charge in [-0.25, -0.2) is 0 Å². The van der Waals surface area contributed by atoms with Gasteiger partial charge in [-0.1, -0.05) is 6.92 Å². The zero-order valence-corrected chi connectivity index (χ0v) is 12.3. The molecule has 0 aromatic rings. The first-order valence-corrected chi connectivity index (χ1v) is 7.78. The number of carbonyl (C=O) groups is 1. The van der Waals surface area contributed by atoms with E-state index in [1.807, 2.05) is 20.8 Å². The van der Waals surface area contributed by atoms with Crippen molar-refractivity contribution in [3.8, 4) is 0 Å². The predicted octanol–water partition coefficient (Wildman–Crippen LogP) is 2.91. The summed E-state index contributed by atoms with van der Waals surface area (Å²) in [6.45, 7) is 5.88. The molecule has 4 aliphatic carbocycles. The highest BCUT2D eigenvalue weighted by Gasteiger charge is 2.59. The van der Waals surface area contributed by atoms with Crippen molar-refractivity contribution in [2.45, 2.75) is 71.0 Å². The Hall–Kier alpha value is -0.570. The molecule has 3 unspecified atom stereocenters. The number of aliphatic hydroxyl groups is 1. The van der Waals surface area contributed by atoms with E-state index in [-0.39, 0.29) is 5.97 Å². The van der Waals surface area contributed by atoms with Crippen LogP contribution in [0.3, 0.4) is 0 Å². The molecule has 1 N–H and O–H groups in total. The standard InChI is InChI=1S/C16H26O3/c1-4-15(2,3)14(18)19-16-8-10-5-11(9-16)7-12(6-10)13(16)17/h10-13,17H,4-9H2,1-3H3. The number of ether oxygens (including phenoxy) is 1. The van der Waals surface area contributed by atoms with Crippen molar-refractivity contribution in [1.82, 2.24) is 0 Å². The van der Waals surface area contributed by atoms with Crippen LogP contribution in [0.1, 0.15) is 59.3 Å². The van der Waals surface area contributed by atoms with E-state index in [0.29, 0.717) is 17.8 Å². The molecule has 4 fully saturated rings. The third kappa shape index (κ3) is 2.01. The molecular weight excluding hydrogens is 240 g/mol. The fraction of sp³-hybridized carbons (Fsp3) is 0.938. The smallest absolute Gasteiger partial charge is 0.312 e. The molecule has 0 spiro atoms. The zero-order valence-electron chi connectivity index (χ0n) is 12.3. The summed E-state index contributed by atoms with van der Waals surface area (Å²) in [5.74, 6) is 1.57. The van der Waals surface area contributed by atoms with Crippen LogP contribution in [0.2, 0.25) is 0 Å². The van der Waals surface area contributed by atoms with E-state index in [9.17, 15) is 9.90 Å². The summed E-state index contributed by atoms with van der Waals surface area (Å²) in [6, 6.07) is 0. The molecule has 3 atom stereocenters. The van der Waals surface area contributed by atoms with Crippen molar-refractivity contribution in [2.24, 2.45) is 23.2 Å². The number of carbonyl (C=O) groups excluding carboxylic acids is 1. The quantitative estimate of drug-likeness (QED) is 0.799. The molecule has 0 heterocycles. The van der Waals surface area contributed by atoms with Gasteiger partial charge in [0.15, 0.2) is 0 Å². The highest BCUT2D eigenvalue weighted by molar-refractivity contribution is 5.76. The van der Waals surface area contributed by atoms with Crippen molar-refractivity contribution in [3.63, 3.8) is 0 Å². The Labute approximate surface area is 115 Å². The number of esters is 1. The first-order valence-electron chi connectivity index (χ1n) is 7.78. The minimum Gasteiger partial charge on any atom is -0.456 e. The molecule has 0 saturated heterocycles. The van der Waals surface area contributed by atoms with Crippen molar-refractivity contribution in [3.05, 3.63) is 0 Å². The molecule has 0 radical (unpaired) electrons. The summed E-state index contributed by atoms with van der Waals surface area (Å²) in [6.07, 6.45) is 5.65. The maximum absolute atomic E-state index is 12.4. The van der Waals surface area contributed by atoms with Gasteiger partial charge < -0.3 is 9.84 Å². The van der Waals surface area contributed by atoms with Crippen molar-refractivity contribution in [2.75, 3.05) is 0 Å². The minimum atomic E-state index is -0.557. The van der Waals surface area contributed by atoms with E-state index in [4.69, 9.17) is 4.74 Å². The molecule has 19 heavy (non-hydrogen) atoms. The van der Waals surface area contributed by atoms with Gasteiger partial charge in [0.1, 0.15) is 5.60 Å². The molecule has 4 bridgehead atoms. The molecule has 3 heteroatoms. The van der Waals surface area contributed by atoms with Crippen LogP contribution in [0.5, 0.6) is 0 Å². The molecule has 4 aliphatic rings. The van der Waals surface area contributed by atoms with Gasteiger partial charge in [-0.3, -0.25) is 4.79 Å². The lowest BCUT2D eigenvalue weighted by atomic mass is 9.53. The Morgan fingerprint density at radius 1 is 1.26 bits per heavy atom. The van der Waals surface area contributed by atoms with Crippen LogP contribution in [0, 0.1) is 23.2 Å². The third-order valence-corrected chi connectivity index (χ3v) is 5.93. The first kappa shape index (κ1) is 13.4. The molecule has 4 saturated carbocycles. The Morgan fingerprint density at radius 3 is 2.37 bits per heavy atom. The maximum Gasteiger partial charge on any atom is 0.312 e. The number of hydrogen-bond donors (Lipinski definition) is 1. The summed E-state index contributed by atoms with van der Waals surface area (Å²) in [4.78, 5) is 12.4. The average Bonchev–Trinajstić information content (AvgIpc) is 2.34. The minimum absolute atomic E-state index is 0.129. The third-order valence-electron chi connectivity index (χ3n) is 5.93. The van der Waals surface area contributed by atoms with Gasteiger partial charge in [-0.15, -0.1) is 0 Å². The summed E-state index contributed by atoms with van der Waals surface area (Å²) >= 11 is 0. The van der Waals surface area contributed by atoms with Gasteiger partial charge in [0.05, 0.1) is 11.5 Å². The van der Waals surface area contributed by atoms with Gasteiger partial charge >= 0.3 is 5.97 Å². The SMILES string of the molecule is CCC(C)(C)C(=O)OC12CC3CC(CC(C3)C1O)C2. The lowest BCUT2D eigenvalue weighted by molar-refractivity contribution is -0.233. The van der Waals surface area contributed by atoms with Crippen molar-refractivity contribution >= 4 is 5.97 Å². The second-order valence-electron chi connectivity index (χ2n) is 7.74. The van der Waals surface area contributed by atoms with Gasteiger partial charge in [0.25, 0.3) is 0 Å². The van der Waals surface area contributed by atoms with Crippen LogP contribution in [0.15, 0.2) is 0 Å². The normalized spacial score (nSPS) is 44.4. The zero-order chi connectivity index (χ0) is 13.8. The molecule has 4 rings (SSSR count). The van der Waals surface area contributed by atoms with Crippen LogP contribution in [-0.2, 0) is 9.53 Å². The Balaban J connectivity index is 1.81. The molecule has 0 aromatic carbocycles. The predicted molar refractivity (Wildman–Crippen MR) is 72.5 cm³/mol. The summed E-state index contributed by atoms with van der Waals surface area (Å²) in [7, 11) is 0. The lowest BCUT2D eigenvalue weighted by Gasteiger charge is -2.58. The van der Waals surface area contributed by atoms with Crippen molar-refractivity contribution < 1.29 is 14.6 Å². The molecule has 108 valence electrons. The van der Waals surface area contributed by atoms with E-state index in [0.717, 1.165) is 32.1 Å². The Morgan fingerprint density at radius 2 is 1.84 bits per heavy atom. The number of aliphatic hydroxyl groups excluding tert-OH is 1. The fourth-order valence-electron chi connectivity index (χ4n) is 4.55. The van der Waals surface area contributed by atoms with Gasteiger partial charge in [-0.2, -0.15) is 0 Å². The molecule has 0 amide bonds. The largest absolute Gasteiger partial charge is 0.456 e. The summed E-state index contributed by atoms with van der Waals surface area (Å²) in [5, 5.41) is 10.6. The highest BCUT2D eigenvalue weighted by Crippen LogP contribution is 2.57. The van der Waals surface area contributed by atoms with Crippen LogP contribution < -0.4 is 0 Å². The molecular formula is C16H26O3. The van der Waals surface area contributed by atoms with E-state index in [1.165, 1.54) is 6.42 Å². The van der Waals surface area contributed by atoms with Gasteiger partial charge in [0.2, 0.25) is 0 Å². The Bertz CT molecular complexity index is 373. The van der Waals surface area contributed by atoms with Crippen LogP contribution >= 0.6 is 0 Å². The van der Waals surface area contributed by atoms with Crippen LogP contribution in [-0.4, -0.2) is 22.8 Å². The highest BCUT2D eigenvalue weighted by atomic mass is 16.6. The second kappa shape index (κ2) is 4.21. The maximum atomic E-state index is 12.4. The Kier molecular flexibility index (Phi) is 2.97. The van der Waals surface area contributed by atoms with Crippen LogP contribution in [0.4, 0.5) is 0 Å². The van der Waals surface area contributed by atoms with Gasteiger partial charge in [0, 0.05) is 0 Å². The molecule has 0 aliphatic heterocycles. The summed E-state index contributed by atoms with van der Waals surface area (Å²) in [5.41, 5.74) is -0.999. The number of hydrogen-bond acceptors (Lipinski definition) is 3. The van der Waals surface area contributed by atoms with E-state index in [1.54, 1.807) is 0 Å². The fourth-order valence-corrected chi connectivity index (χ4v) is 4.55. The van der Waals surface area contributed by atoms with Crippen LogP contribution in [0.25, 0.3) is 0 Å². The molecule has 3 nitrogen and oxygen atoms in total. The van der Waals surface area contributed by atoms with E-state index < -0.39 is 17.1 Å². The lowest BCUT2D eigenvalue weighted by Crippen LogP contribution is -2.62. The summed E-state index contributed by atoms with van der Waals surface area (Å²) < 4.78 is 5.93. The van der Waals surface area contributed by atoms with Gasteiger partial charge in [-0.05, 0) is 70.1 Å². The van der Waals surface area contributed by atoms with Crippen molar-refractivity contribution in [1.29, 1.82) is 0 Å². The first-order chi connectivity index (χ1) is 8.86. The molecule has 0 aromatic heterocycles. The monoisotopic (exact) mass is 266 g/mol.